The Hall–Kier alpha value is -3.01. The molecule has 1 aromatic heterocycles. The minimum absolute atomic E-state index is 0.0476. The Kier molecular flexibility index (Phi) is 7.03. The lowest BCUT2D eigenvalue weighted by Gasteiger charge is -2.13. The number of methoxy groups -OCH3 is 2. The largest absolute Gasteiger partial charge is 0.496 e. The number of hydrazone groups is 1. The highest BCUT2D eigenvalue weighted by atomic mass is 32.1. The van der Waals surface area contributed by atoms with Crippen molar-refractivity contribution in [2.45, 2.75) is 12.8 Å². The third kappa shape index (κ3) is 5.52. The average molecular weight is 380 g/mol. The minimum atomic E-state index is -0.857. The number of carboxylic acids is 1. The van der Waals surface area contributed by atoms with Crippen LogP contribution in [0.2, 0.25) is 0 Å². The van der Waals surface area contributed by atoms with Crippen LogP contribution in [0.4, 0.5) is 10.9 Å². The van der Waals surface area contributed by atoms with Crippen LogP contribution >= 0.6 is 11.3 Å². The normalized spacial score (nSPS) is 10.7. The molecule has 0 spiro atoms. The topological polar surface area (TPSA) is 128 Å². The van der Waals surface area contributed by atoms with E-state index in [0.29, 0.717) is 40.2 Å². The lowest BCUT2D eigenvalue weighted by Crippen LogP contribution is -2.04. The summed E-state index contributed by atoms with van der Waals surface area (Å²) in [4.78, 5) is 14.6. The second-order valence-electron chi connectivity index (χ2n) is 5.03. The van der Waals surface area contributed by atoms with Crippen LogP contribution in [0.25, 0.3) is 0 Å². The summed E-state index contributed by atoms with van der Waals surface area (Å²) in [6.45, 7) is 0.277. The van der Waals surface area contributed by atoms with Crippen molar-refractivity contribution < 1.29 is 24.1 Å². The highest BCUT2D eigenvalue weighted by molar-refractivity contribution is 7.14. The first-order chi connectivity index (χ1) is 12.5. The van der Waals surface area contributed by atoms with Crippen molar-refractivity contribution in [1.82, 2.24) is 4.98 Å². The van der Waals surface area contributed by atoms with Crippen LogP contribution in [-0.2, 0) is 4.79 Å². The number of thiazole rings is 1. The van der Waals surface area contributed by atoms with E-state index in [1.807, 2.05) is 0 Å². The molecule has 1 heterocycles. The van der Waals surface area contributed by atoms with Crippen molar-refractivity contribution in [3.63, 3.8) is 0 Å². The fourth-order valence-corrected chi connectivity index (χ4v) is 2.58. The van der Waals surface area contributed by atoms with Crippen LogP contribution in [0.1, 0.15) is 18.4 Å². The summed E-state index contributed by atoms with van der Waals surface area (Å²) in [5.74, 6) is 1.09. The number of nitrogens with zero attached hydrogens (tertiary/aromatic N) is 2. The predicted molar refractivity (Wildman–Crippen MR) is 99.7 cm³/mol. The minimum Gasteiger partial charge on any atom is -0.496 e. The third-order valence-corrected chi connectivity index (χ3v) is 3.96. The number of ether oxygens (including phenoxy) is 3. The van der Waals surface area contributed by atoms with E-state index in [1.54, 1.807) is 23.7 Å². The molecule has 0 aliphatic rings. The molecule has 0 aliphatic carbocycles. The Morgan fingerprint density at radius 2 is 2.08 bits per heavy atom. The molecule has 10 heteroatoms. The monoisotopic (exact) mass is 380 g/mol. The lowest BCUT2D eigenvalue weighted by atomic mass is 10.2. The number of rotatable bonds is 10. The van der Waals surface area contributed by atoms with Crippen molar-refractivity contribution in [2.75, 3.05) is 32.0 Å². The van der Waals surface area contributed by atoms with Gasteiger partial charge in [-0.3, -0.25) is 10.2 Å². The molecule has 2 rings (SSSR count). The summed E-state index contributed by atoms with van der Waals surface area (Å²) in [7, 11) is 3.05. The van der Waals surface area contributed by atoms with Gasteiger partial charge in [-0.15, -0.1) is 11.3 Å². The van der Waals surface area contributed by atoms with Crippen molar-refractivity contribution in [2.24, 2.45) is 5.10 Å². The molecule has 0 radical (unpaired) electrons. The fraction of sp³-hybridized carbons (Fsp3) is 0.312. The Morgan fingerprint density at radius 3 is 2.62 bits per heavy atom. The Morgan fingerprint density at radius 1 is 1.38 bits per heavy atom. The molecule has 0 unspecified atom stereocenters. The Balaban J connectivity index is 2.10. The van der Waals surface area contributed by atoms with Crippen LogP contribution < -0.4 is 25.4 Å². The zero-order valence-electron chi connectivity index (χ0n) is 14.4. The summed E-state index contributed by atoms with van der Waals surface area (Å²) < 4.78 is 16.3. The zero-order valence-corrected chi connectivity index (χ0v) is 15.2. The SMILES string of the molecule is COc1cc(OCCCC(=O)O)cc(OC)c1C=NNc1nc(N)cs1. The lowest BCUT2D eigenvalue weighted by molar-refractivity contribution is -0.137. The van der Waals surface area contributed by atoms with Gasteiger partial charge in [-0.1, -0.05) is 0 Å². The number of carboxylic acid groups (broad SMARTS) is 1. The van der Waals surface area contributed by atoms with E-state index in [0.717, 1.165) is 0 Å². The predicted octanol–water partition coefficient (Wildman–Crippen LogP) is 2.43. The van der Waals surface area contributed by atoms with Crippen LogP contribution in [0.3, 0.4) is 0 Å². The van der Waals surface area contributed by atoms with Crippen LogP contribution in [-0.4, -0.2) is 43.1 Å². The molecule has 4 N–H and O–H groups in total. The van der Waals surface area contributed by atoms with Gasteiger partial charge in [0.25, 0.3) is 0 Å². The van der Waals surface area contributed by atoms with Gasteiger partial charge in [0.05, 0.1) is 32.6 Å². The molecular weight excluding hydrogens is 360 g/mol. The number of aliphatic carboxylic acids is 1. The van der Waals surface area contributed by atoms with Gasteiger partial charge in [0.2, 0.25) is 5.13 Å². The van der Waals surface area contributed by atoms with Gasteiger partial charge < -0.3 is 25.1 Å². The highest BCUT2D eigenvalue weighted by Crippen LogP contribution is 2.33. The standard InChI is InChI=1S/C16H20N4O5S/c1-23-12-6-10(25-5-3-4-15(21)22)7-13(24-2)11(12)8-18-20-16-19-14(17)9-26-16/h6-9H,3-5,17H2,1-2H3,(H,19,20)(H,21,22). The maximum atomic E-state index is 10.5. The smallest absolute Gasteiger partial charge is 0.303 e. The van der Waals surface area contributed by atoms with Gasteiger partial charge in [-0.05, 0) is 6.42 Å². The number of carbonyl (C=O) groups is 1. The van der Waals surface area contributed by atoms with E-state index in [4.69, 9.17) is 25.1 Å². The highest BCUT2D eigenvalue weighted by Gasteiger charge is 2.12. The number of hydrogen-bond acceptors (Lipinski definition) is 9. The Bertz CT molecular complexity index is 753. The molecule has 0 saturated carbocycles. The summed E-state index contributed by atoms with van der Waals surface area (Å²) in [6.07, 6.45) is 2.00. The number of nitrogen functional groups attached to an aromatic ring is 1. The number of nitrogens with one attached hydrogen (secondary N) is 1. The van der Waals surface area contributed by atoms with Gasteiger partial charge in [-0.2, -0.15) is 5.10 Å². The second kappa shape index (κ2) is 9.47. The van der Waals surface area contributed by atoms with E-state index in [2.05, 4.69) is 15.5 Å². The van der Waals surface area contributed by atoms with Gasteiger partial charge in [0, 0.05) is 23.9 Å². The number of aromatic nitrogens is 1. The van der Waals surface area contributed by atoms with Gasteiger partial charge in [0.15, 0.2) is 0 Å². The van der Waals surface area contributed by atoms with Crippen molar-refractivity contribution in [1.29, 1.82) is 0 Å². The number of anilines is 2. The van der Waals surface area contributed by atoms with E-state index >= 15 is 0 Å². The second-order valence-corrected chi connectivity index (χ2v) is 5.89. The van der Waals surface area contributed by atoms with Crippen LogP contribution in [0.15, 0.2) is 22.6 Å². The average Bonchev–Trinajstić information content (AvgIpc) is 3.04. The maximum Gasteiger partial charge on any atom is 0.303 e. The summed E-state index contributed by atoms with van der Waals surface area (Å²) in [6, 6.07) is 3.37. The van der Waals surface area contributed by atoms with Gasteiger partial charge in [-0.25, -0.2) is 4.98 Å². The number of hydrogen-bond donors (Lipinski definition) is 3. The van der Waals surface area contributed by atoms with E-state index in [9.17, 15) is 4.79 Å². The molecule has 0 aliphatic heterocycles. The molecule has 0 atom stereocenters. The first-order valence-electron chi connectivity index (χ1n) is 7.64. The van der Waals surface area contributed by atoms with Crippen molar-refractivity contribution in [3.8, 4) is 17.2 Å². The first kappa shape index (κ1) is 19.3. The fourth-order valence-electron chi connectivity index (χ4n) is 2.03. The zero-order chi connectivity index (χ0) is 18.9. The molecule has 26 heavy (non-hydrogen) atoms. The van der Waals surface area contributed by atoms with Crippen LogP contribution in [0.5, 0.6) is 17.2 Å². The molecule has 9 nitrogen and oxygen atoms in total. The quantitative estimate of drug-likeness (QED) is 0.326. The molecule has 1 aromatic carbocycles. The third-order valence-electron chi connectivity index (χ3n) is 3.20. The molecule has 140 valence electrons. The first-order valence-corrected chi connectivity index (χ1v) is 8.52. The molecule has 0 fully saturated rings. The Labute approximate surface area is 154 Å². The molecule has 0 amide bonds. The van der Waals surface area contributed by atoms with E-state index in [1.165, 1.54) is 25.6 Å². The summed E-state index contributed by atoms with van der Waals surface area (Å²) in [5.41, 5.74) is 8.96. The number of benzene rings is 1. The van der Waals surface area contributed by atoms with Gasteiger partial charge in [0.1, 0.15) is 23.1 Å². The molecular formula is C16H20N4O5S. The van der Waals surface area contributed by atoms with Crippen LogP contribution in [0, 0.1) is 0 Å². The molecule has 2 aromatic rings. The molecule has 0 saturated heterocycles. The summed E-state index contributed by atoms with van der Waals surface area (Å²) >= 11 is 1.33. The molecule has 0 bridgehead atoms. The van der Waals surface area contributed by atoms with Crippen molar-refractivity contribution >= 4 is 34.5 Å². The maximum absolute atomic E-state index is 10.5. The van der Waals surface area contributed by atoms with Gasteiger partial charge >= 0.3 is 5.97 Å². The van der Waals surface area contributed by atoms with E-state index in [-0.39, 0.29) is 13.0 Å². The van der Waals surface area contributed by atoms with E-state index < -0.39 is 5.97 Å². The number of nitrogens with two attached hydrogens (primary N) is 1. The summed E-state index contributed by atoms with van der Waals surface area (Å²) in [5, 5.41) is 15.0. The van der Waals surface area contributed by atoms with Crippen molar-refractivity contribution in [3.05, 3.63) is 23.1 Å².